The van der Waals surface area contributed by atoms with E-state index in [1.165, 1.54) is 64.6 Å². The molecule has 1 N–H and O–H groups in total. The molecule has 1 spiro atoms. The number of hydrogen-bond donors (Lipinski definition) is 1. The zero-order chi connectivity index (χ0) is 11.0. The second-order valence-corrected chi connectivity index (χ2v) is 6.46. The summed E-state index contributed by atoms with van der Waals surface area (Å²) in [7, 11) is 0. The van der Waals surface area contributed by atoms with Crippen molar-refractivity contribution in [3.8, 4) is 0 Å². The van der Waals surface area contributed by atoms with Crippen LogP contribution < -0.4 is 5.32 Å². The molecule has 0 radical (unpaired) electrons. The lowest BCUT2D eigenvalue weighted by Gasteiger charge is -2.44. The zero-order valence-electron chi connectivity index (χ0n) is 10.7. The van der Waals surface area contributed by atoms with Crippen molar-refractivity contribution in [3.63, 3.8) is 0 Å². The van der Waals surface area contributed by atoms with Gasteiger partial charge in [0.1, 0.15) is 0 Å². The van der Waals surface area contributed by atoms with Crippen LogP contribution in [0.5, 0.6) is 0 Å². The first-order valence-corrected chi connectivity index (χ1v) is 7.27. The molecule has 1 aliphatic heterocycles. The van der Waals surface area contributed by atoms with Crippen molar-refractivity contribution in [3.05, 3.63) is 0 Å². The van der Waals surface area contributed by atoms with Crippen LogP contribution in [0.2, 0.25) is 0 Å². The first-order chi connectivity index (χ1) is 7.77. The van der Waals surface area contributed by atoms with Gasteiger partial charge in [-0.05, 0) is 38.0 Å². The Morgan fingerprint density at radius 1 is 1.19 bits per heavy atom. The maximum Gasteiger partial charge on any atom is 0.0309 e. The highest BCUT2D eigenvalue weighted by atomic mass is 15.2. The Balaban J connectivity index is 1.63. The normalized spacial score (nSPS) is 39.6. The van der Waals surface area contributed by atoms with E-state index in [-0.39, 0.29) is 0 Å². The Kier molecular flexibility index (Phi) is 2.97. The average Bonchev–Trinajstić information content (AvgIpc) is 2.89. The van der Waals surface area contributed by atoms with Crippen molar-refractivity contribution in [2.45, 2.75) is 63.5 Å². The molecule has 0 aromatic carbocycles. The Morgan fingerprint density at radius 2 is 2.00 bits per heavy atom. The SMILES string of the molecule is CC1CCC(N2CCNC3(CCCC3)C2)C1. The summed E-state index contributed by atoms with van der Waals surface area (Å²) in [5.74, 6) is 0.972. The molecule has 2 saturated carbocycles. The van der Waals surface area contributed by atoms with E-state index in [2.05, 4.69) is 17.1 Å². The minimum Gasteiger partial charge on any atom is -0.309 e. The molecule has 2 unspecified atom stereocenters. The smallest absolute Gasteiger partial charge is 0.0309 e. The minimum atomic E-state index is 0.518. The summed E-state index contributed by atoms with van der Waals surface area (Å²) in [5, 5.41) is 3.82. The van der Waals surface area contributed by atoms with Crippen LogP contribution >= 0.6 is 0 Å². The van der Waals surface area contributed by atoms with E-state index < -0.39 is 0 Å². The van der Waals surface area contributed by atoms with Crippen molar-refractivity contribution in [2.75, 3.05) is 19.6 Å². The van der Waals surface area contributed by atoms with Crippen molar-refractivity contribution in [1.82, 2.24) is 10.2 Å². The van der Waals surface area contributed by atoms with Gasteiger partial charge in [0.2, 0.25) is 0 Å². The first kappa shape index (κ1) is 11.0. The Morgan fingerprint density at radius 3 is 2.69 bits per heavy atom. The van der Waals surface area contributed by atoms with Crippen LogP contribution in [0.1, 0.15) is 51.9 Å². The van der Waals surface area contributed by atoms with Crippen LogP contribution in [0.3, 0.4) is 0 Å². The van der Waals surface area contributed by atoms with Crippen molar-refractivity contribution in [2.24, 2.45) is 5.92 Å². The largest absolute Gasteiger partial charge is 0.309 e. The molecule has 16 heavy (non-hydrogen) atoms. The highest BCUT2D eigenvalue weighted by Crippen LogP contribution is 2.35. The summed E-state index contributed by atoms with van der Waals surface area (Å²) in [6.45, 7) is 6.28. The number of piperazine rings is 1. The molecule has 0 amide bonds. The van der Waals surface area contributed by atoms with Gasteiger partial charge in [-0.3, -0.25) is 4.90 Å². The second kappa shape index (κ2) is 4.30. The number of hydrogen-bond acceptors (Lipinski definition) is 2. The van der Waals surface area contributed by atoms with Gasteiger partial charge < -0.3 is 5.32 Å². The molecule has 1 saturated heterocycles. The average molecular weight is 222 g/mol. The molecule has 0 aromatic rings. The summed E-state index contributed by atoms with van der Waals surface area (Å²) in [6.07, 6.45) is 10.1. The lowest BCUT2D eigenvalue weighted by atomic mass is 9.93. The maximum absolute atomic E-state index is 3.82. The van der Waals surface area contributed by atoms with Crippen molar-refractivity contribution in [1.29, 1.82) is 0 Å². The summed E-state index contributed by atoms with van der Waals surface area (Å²) in [4.78, 5) is 2.81. The first-order valence-electron chi connectivity index (χ1n) is 7.27. The van der Waals surface area contributed by atoms with Crippen LogP contribution in [0.4, 0.5) is 0 Å². The molecule has 0 bridgehead atoms. The van der Waals surface area contributed by atoms with Crippen LogP contribution in [0.15, 0.2) is 0 Å². The summed E-state index contributed by atoms with van der Waals surface area (Å²) in [6, 6.07) is 0.912. The van der Waals surface area contributed by atoms with E-state index in [0.29, 0.717) is 5.54 Å². The molecule has 0 aromatic heterocycles. The molecule has 1 heterocycles. The van der Waals surface area contributed by atoms with Gasteiger partial charge in [0, 0.05) is 31.2 Å². The Labute approximate surface area is 99.8 Å². The van der Waals surface area contributed by atoms with Crippen LogP contribution in [0.25, 0.3) is 0 Å². The molecule has 2 nitrogen and oxygen atoms in total. The lowest BCUT2D eigenvalue weighted by Crippen LogP contribution is -2.60. The highest BCUT2D eigenvalue weighted by molar-refractivity contribution is 5.00. The zero-order valence-corrected chi connectivity index (χ0v) is 10.7. The van der Waals surface area contributed by atoms with Gasteiger partial charge in [-0.25, -0.2) is 0 Å². The molecule has 3 fully saturated rings. The predicted molar refractivity (Wildman–Crippen MR) is 67.6 cm³/mol. The Bertz CT molecular complexity index is 245. The van der Waals surface area contributed by atoms with E-state index in [4.69, 9.17) is 0 Å². The van der Waals surface area contributed by atoms with Gasteiger partial charge >= 0.3 is 0 Å². The number of rotatable bonds is 1. The summed E-state index contributed by atoms with van der Waals surface area (Å²) >= 11 is 0. The predicted octanol–water partition coefficient (Wildman–Crippen LogP) is 2.39. The molecule has 3 aliphatic rings. The standard InChI is InChI=1S/C14H26N2/c1-12-4-5-13(10-12)16-9-8-15-14(11-16)6-2-3-7-14/h12-13,15H,2-11H2,1H3. The van der Waals surface area contributed by atoms with Crippen molar-refractivity contribution >= 4 is 0 Å². The fraction of sp³-hybridized carbons (Fsp3) is 1.00. The van der Waals surface area contributed by atoms with E-state index >= 15 is 0 Å². The fourth-order valence-corrected chi connectivity index (χ4v) is 4.20. The minimum absolute atomic E-state index is 0.518. The van der Waals surface area contributed by atoms with Gasteiger partial charge in [0.15, 0.2) is 0 Å². The maximum atomic E-state index is 3.82. The topological polar surface area (TPSA) is 15.3 Å². The molecule has 2 aliphatic carbocycles. The van der Waals surface area contributed by atoms with Gasteiger partial charge in [0.25, 0.3) is 0 Å². The van der Waals surface area contributed by atoms with E-state index in [0.717, 1.165) is 12.0 Å². The molecule has 3 rings (SSSR count). The lowest BCUT2D eigenvalue weighted by molar-refractivity contribution is 0.0944. The van der Waals surface area contributed by atoms with E-state index in [9.17, 15) is 0 Å². The number of nitrogens with one attached hydrogen (secondary N) is 1. The van der Waals surface area contributed by atoms with Crippen LogP contribution in [-0.2, 0) is 0 Å². The van der Waals surface area contributed by atoms with Gasteiger partial charge in [-0.1, -0.05) is 19.8 Å². The third-order valence-electron chi connectivity index (χ3n) is 5.15. The molecule has 92 valence electrons. The highest BCUT2D eigenvalue weighted by Gasteiger charge is 2.40. The Hall–Kier alpha value is -0.0800. The fourth-order valence-electron chi connectivity index (χ4n) is 4.20. The molecule has 2 atom stereocenters. The monoisotopic (exact) mass is 222 g/mol. The summed E-state index contributed by atoms with van der Waals surface area (Å²) < 4.78 is 0. The van der Waals surface area contributed by atoms with Gasteiger partial charge in [0.05, 0.1) is 0 Å². The molecular formula is C14H26N2. The molecule has 2 heteroatoms. The second-order valence-electron chi connectivity index (χ2n) is 6.46. The van der Waals surface area contributed by atoms with E-state index in [1.54, 1.807) is 0 Å². The van der Waals surface area contributed by atoms with Crippen LogP contribution in [-0.4, -0.2) is 36.1 Å². The van der Waals surface area contributed by atoms with Gasteiger partial charge in [-0.2, -0.15) is 0 Å². The third kappa shape index (κ3) is 2.02. The van der Waals surface area contributed by atoms with Crippen LogP contribution in [0, 0.1) is 5.92 Å². The summed E-state index contributed by atoms with van der Waals surface area (Å²) in [5.41, 5.74) is 0.518. The quantitative estimate of drug-likeness (QED) is 0.733. The van der Waals surface area contributed by atoms with Crippen molar-refractivity contribution < 1.29 is 0 Å². The van der Waals surface area contributed by atoms with E-state index in [1.807, 2.05) is 0 Å². The number of nitrogens with zero attached hydrogens (tertiary/aromatic N) is 1. The molecular weight excluding hydrogens is 196 g/mol. The third-order valence-corrected chi connectivity index (χ3v) is 5.15. The van der Waals surface area contributed by atoms with Gasteiger partial charge in [-0.15, -0.1) is 0 Å².